The monoisotopic (exact) mass is 475 g/mol. The van der Waals surface area contributed by atoms with Gasteiger partial charge in [-0.2, -0.15) is 0 Å². The van der Waals surface area contributed by atoms with Crippen LogP contribution in [-0.2, 0) is 11.3 Å². The van der Waals surface area contributed by atoms with Gasteiger partial charge in [0.1, 0.15) is 0 Å². The predicted octanol–water partition coefficient (Wildman–Crippen LogP) is 5.27. The van der Waals surface area contributed by atoms with E-state index in [-0.39, 0.29) is 5.91 Å². The Morgan fingerprint density at radius 2 is 1.79 bits per heavy atom. The molecule has 0 atom stereocenters. The van der Waals surface area contributed by atoms with Crippen LogP contribution < -0.4 is 19.1 Å². The lowest BCUT2D eigenvalue weighted by Crippen LogP contribution is -2.29. The van der Waals surface area contributed by atoms with E-state index in [0.717, 1.165) is 27.0 Å². The molecule has 1 amide bonds. The van der Waals surface area contributed by atoms with E-state index in [0.29, 0.717) is 28.9 Å². The minimum atomic E-state index is -0.212. The summed E-state index contributed by atoms with van der Waals surface area (Å²) in [4.78, 5) is 24.2. The topological polar surface area (TPSA) is 73.8 Å². The molecule has 0 aliphatic rings. The minimum Gasteiger partial charge on any atom is -0.493 e. The van der Waals surface area contributed by atoms with Crippen molar-refractivity contribution in [3.8, 4) is 17.2 Å². The van der Waals surface area contributed by atoms with Crippen molar-refractivity contribution in [3.05, 3.63) is 77.6 Å². The zero-order chi connectivity index (χ0) is 24.1. The molecule has 0 unspecified atom stereocenters. The van der Waals surface area contributed by atoms with Crippen molar-refractivity contribution in [3.63, 3.8) is 0 Å². The van der Waals surface area contributed by atoms with Gasteiger partial charge in [-0.05, 0) is 54.5 Å². The highest BCUT2D eigenvalue weighted by atomic mass is 32.1. The molecule has 0 fully saturated rings. The maximum atomic E-state index is 13.4. The van der Waals surface area contributed by atoms with Gasteiger partial charge in [0, 0.05) is 12.3 Å². The number of hydrogen-bond acceptors (Lipinski definition) is 7. The number of thiazole rings is 1. The van der Waals surface area contributed by atoms with Gasteiger partial charge in [-0.3, -0.25) is 14.7 Å². The van der Waals surface area contributed by atoms with Gasteiger partial charge in [-0.1, -0.05) is 29.5 Å². The molecule has 2 heterocycles. The summed E-state index contributed by atoms with van der Waals surface area (Å²) in [6.07, 6.45) is 4.95. The number of aryl methyl sites for hydroxylation is 1. The number of anilines is 1. The summed E-state index contributed by atoms with van der Waals surface area (Å²) >= 11 is 1.48. The Hall–Kier alpha value is -3.91. The van der Waals surface area contributed by atoms with Crippen LogP contribution in [0.2, 0.25) is 0 Å². The second-order valence-electron chi connectivity index (χ2n) is 7.46. The molecule has 0 aliphatic carbocycles. The van der Waals surface area contributed by atoms with Crippen LogP contribution >= 0.6 is 11.3 Å². The normalized spacial score (nSPS) is 11.1. The van der Waals surface area contributed by atoms with Crippen molar-refractivity contribution < 1.29 is 19.0 Å². The number of aromatic nitrogens is 2. The lowest BCUT2D eigenvalue weighted by atomic mass is 10.1. The van der Waals surface area contributed by atoms with Crippen molar-refractivity contribution in [2.45, 2.75) is 13.5 Å². The summed E-state index contributed by atoms with van der Waals surface area (Å²) in [5, 5.41) is 0.620. The zero-order valence-corrected chi connectivity index (χ0v) is 20.3. The Bertz CT molecular complexity index is 1310. The van der Waals surface area contributed by atoms with E-state index in [9.17, 15) is 4.79 Å². The zero-order valence-electron chi connectivity index (χ0n) is 19.4. The number of hydrogen-bond donors (Lipinski definition) is 0. The molecule has 0 N–H and O–H groups in total. The number of carbonyl (C=O) groups excluding carboxylic acids is 1. The quantitative estimate of drug-likeness (QED) is 0.323. The summed E-state index contributed by atoms with van der Waals surface area (Å²) < 4.78 is 17.2. The number of carbonyl (C=O) groups is 1. The van der Waals surface area contributed by atoms with Crippen molar-refractivity contribution in [2.24, 2.45) is 0 Å². The van der Waals surface area contributed by atoms with E-state index in [2.05, 4.69) is 4.98 Å². The molecule has 0 saturated heterocycles. The van der Waals surface area contributed by atoms with Gasteiger partial charge in [-0.25, -0.2) is 4.98 Å². The lowest BCUT2D eigenvalue weighted by molar-refractivity contribution is -0.114. The molecule has 0 aliphatic heterocycles. The third kappa shape index (κ3) is 4.87. The molecule has 0 bridgehead atoms. The summed E-state index contributed by atoms with van der Waals surface area (Å²) in [5.41, 5.74) is 3.47. The van der Waals surface area contributed by atoms with E-state index in [4.69, 9.17) is 19.2 Å². The highest BCUT2D eigenvalue weighted by Gasteiger charge is 2.20. The standard InChI is InChI=1S/C26H25N3O4S/c1-17-8-7-10-22-24(17)28-26(34-22)29(16-19-9-5-6-13-27-19)23(30)12-11-18-14-20(31-2)25(33-4)21(15-18)32-3/h5-15H,16H2,1-4H3/b12-11+. The smallest absolute Gasteiger partial charge is 0.253 e. The van der Waals surface area contributed by atoms with Gasteiger partial charge in [0.2, 0.25) is 5.75 Å². The molecule has 2 aromatic carbocycles. The van der Waals surface area contributed by atoms with Gasteiger partial charge in [0.25, 0.3) is 5.91 Å². The molecule has 0 saturated carbocycles. The van der Waals surface area contributed by atoms with Crippen molar-refractivity contribution >= 4 is 38.7 Å². The van der Waals surface area contributed by atoms with Crippen molar-refractivity contribution in [1.29, 1.82) is 0 Å². The number of ether oxygens (including phenoxy) is 3. The molecule has 0 spiro atoms. The Kier molecular flexibility index (Phi) is 7.08. The Labute approximate surface area is 202 Å². The number of benzene rings is 2. The number of methoxy groups -OCH3 is 3. The van der Waals surface area contributed by atoms with Crippen LogP contribution in [0, 0.1) is 6.92 Å². The fourth-order valence-electron chi connectivity index (χ4n) is 3.54. The molecular formula is C26H25N3O4S. The number of amides is 1. The predicted molar refractivity (Wildman–Crippen MR) is 135 cm³/mol. The molecule has 174 valence electrons. The molecule has 2 aromatic heterocycles. The average Bonchev–Trinajstić information content (AvgIpc) is 3.31. The van der Waals surface area contributed by atoms with Gasteiger partial charge in [0.05, 0.1) is 43.8 Å². The largest absolute Gasteiger partial charge is 0.493 e. The first-order valence-electron chi connectivity index (χ1n) is 10.6. The third-order valence-electron chi connectivity index (χ3n) is 5.26. The number of rotatable bonds is 8. The van der Waals surface area contributed by atoms with Gasteiger partial charge >= 0.3 is 0 Å². The molecule has 8 heteroatoms. The van der Waals surface area contributed by atoms with E-state index in [1.807, 2.05) is 43.3 Å². The van der Waals surface area contributed by atoms with E-state index in [1.165, 1.54) is 17.4 Å². The Balaban J connectivity index is 1.69. The van der Waals surface area contributed by atoms with Crippen molar-refractivity contribution in [1.82, 2.24) is 9.97 Å². The van der Waals surface area contributed by atoms with Crippen LogP contribution in [0.15, 0.2) is 60.8 Å². The Morgan fingerprint density at radius 1 is 1.03 bits per heavy atom. The second kappa shape index (κ2) is 10.4. The van der Waals surface area contributed by atoms with E-state index < -0.39 is 0 Å². The summed E-state index contributed by atoms with van der Waals surface area (Å²) in [5.74, 6) is 1.31. The Morgan fingerprint density at radius 3 is 2.41 bits per heavy atom. The fourth-order valence-corrected chi connectivity index (χ4v) is 4.59. The van der Waals surface area contributed by atoms with Crippen LogP contribution in [0.25, 0.3) is 16.3 Å². The van der Waals surface area contributed by atoms with Gasteiger partial charge < -0.3 is 14.2 Å². The second-order valence-corrected chi connectivity index (χ2v) is 8.46. The fraction of sp³-hybridized carbons (Fsp3) is 0.192. The number of pyridine rings is 1. The average molecular weight is 476 g/mol. The van der Waals surface area contributed by atoms with Crippen LogP contribution in [0.5, 0.6) is 17.2 Å². The lowest BCUT2D eigenvalue weighted by Gasteiger charge is -2.18. The summed E-state index contributed by atoms with van der Waals surface area (Å²) in [7, 11) is 4.66. The highest BCUT2D eigenvalue weighted by molar-refractivity contribution is 7.22. The highest BCUT2D eigenvalue weighted by Crippen LogP contribution is 2.38. The van der Waals surface area contributed by atoms with E-state index in [1.54, 1.807) is 50.6 Å². The SMILES string of the molecule is COc1cc(/C=C/C(=O)N(Cc2ccccn2)c2nc3c(C)cccc3s2)cc(OC)c1OC. The number of para-hydroxylation sites is 1. The van der Waals surface area contributed by atoms with E-state index >= 15 is 0 Å². The van der Waals surface area contributed by atoms with Crippen LogP contribution in [-0.4, -0.2) is 37.2 Å². The van der Waals surface area contributed by atoms with Gasteiger partial charge in [-0.15, -0.1) is 0 Å². The minimum absolute atomic E-state index is 0.212. The number of fused-ring (bicyclic) bond motifs is 1. The van der Waals surface area contributed by atoms with Crippen LogP contribution in [0.3, 0.4) is 0 Å². The first-order valence-corrected chi connectivity index (χ1v) is 11.4. The first kappa shape index (κ1) is 23.3. The molecule has 4 rings (SSSR count). The molecule has 4 aromatic rings. The molecule has 0 radical (unpaired) electrons. The number of nitrogens with zero attached hydrogens (tertiary/aromatic N) is 3. The molecule has 7 nitrogen and oxygen atoms in total. The summed E-state index contributed by atoms with van der Waals surface area (Å²) in [6.45, 7) is 2.32. The molecular weight excluding hydrogens is 450 g/mol. The van der Waals surface area contributed by atoms with Crippen LogP contribution in [0.1, 0.15) is 16.8 Å². The van der Waals surface area contributed by atoms with Crippen molar-refractivity contribution in [2.75, 3.05) is 26.2 Å². The summed E-state index contributed by atoms with van der Waals surface area (Å²) in [6, 6.07) is 15.2. The first-order chi connectivity index (χ1) is 16.5. The van der Waals surface area contributed by atoms with Gasteiger partial charge in [0.15, 0.2) is 16.6 Å². The maximum Gasteiger partial charge on any atom is 0.253 e. The van der Waals surface area contributed by atoms with Crippen LogP contribution in [0.4, 0.5) is 5.13 Å². The third-order valence-corrected chi connectivity index (χ3v) is 6.30. The maximum absolute atomic E-state index is 13.4. The molecule has 34 heavy (non-hydrogen) atoms.